The molecule has 0 aliphatic carbocycles. The zero-order chi connectivity index (χ0) is 25.8. The predicted molar refractivity (Wildman–Crippen MR) is 143 cm³/mol. The summed E-state index contributed by atoms with van der Waals surface area (Å²) >= 11 is 0. The van der Waals surface area contributed by atoms with Crippen LogP contribution in [-0.4, -0.2) is 77.2 Å². The summed E-state index contributed by atoms with van der Waals surface area (Å²) < 4.78 is 7.58. The first-order valence-electron chi connectivity index (χ1n) is 13.1. The number of ether oxygens (including phenoxy) is 1. The van der Waals surface area contributed by atoms with Crippen LogP contribution < -0.4 is 11.1 Å². The van der Waals surface area contributed by atoms with Gasteiger partial charge in [-0.05, 0) is 43.5 Å². The van der Waals surface area contributed by atoms with E-state index in [2.05, 4.69) is 16.0 Å². The van der Waals surface area contributed by atoms with Crippen molar-refractivity contribution in [3.8, 4) is 0 Å². The first-order chi connectivity index (χ1) is 18.0. The topological polar surface area (TPSA) is 106 Å². The number of hydrogen-bond donors (Lipinski definition) is 2. The van der Waals surface area contributed by atoms with Crippen LogP contribution in [0.15, 0.2) is 54.6 Å². The lowest BCUT2D eigenvalue weighted by molar-refractivity contribution is -0.136. The molecule has 5 rings (SSSR count). The maximum Gasteiger partial charge on any atom is 0.321 e. The summed E-state index contributed by atoms with van der Waals surface area (Å²) in [6.07, 6.45) is 2.80. The second-order valence-corrected chi connectivity index (χ2v) is 10.1. The second-order valence-electron chi connectivity index (χ2n) is 10.1. The number of nitrogens with zero attached hydrogens (tertiary/aromatic N) is 4. The minimum Gasteiger partial charge on any atom is -0.385 e. The summed E-state index contributed by atoms with van der Waals surface area (Å²) in [5.41, 5.74) is 9.23. The lowest BCUT2D eigenvalue weighted by Crippen LogP contribution is -2.47. The molecular formula is C28H36N6O3. The Kier molecular flexibility index (Phi) is 7.71. The highest BCUT2D eigenvalue weighted by atomic mass is 16.5. The molecule has 9 heteroatoms. The van der Waals surface area contributed by atoms with E-state index in [0.717, 1.165) is 48.4 Å². The highest BCUT2D eigenvalue weighted by Crippen LogP contribution is 2.31. The molecule has 3 N–H and O–H groups in total. The molecule has 0 radical (unpaired) electrons. The zero-order valence-corrected chi connectivity index (χ0v) is 21.4. The van der Waals surface area contributed by atoms with Gasteiger partial charge < -0.3 is 30.2 Å². The fraction of sp³-hybridized carbons (Fsp3) is 0.464. The molecule has 9 nitrogen and oxygen atoms in total. The normalized spacial score (nSPS) is 21.9. The SMILES string of the molecule is COCCCn1c(C2CCCN(C(=O)[C@@H]3CN(C(=O)Nc4ccccc4)C[C@H]3N)C2)nc2ccccc21. The fourth-order valence-corrected chi connectivity index (χ4v) is 5.61. The molecule has 37 heavy (non-hydrogen) atoms. The van der Waals surface area contributed by atoms with Crippen molar-refractivity contribution in [1.82, 2.24) is 19.4 Å². The van der Waals surface area contributed by atoms with Crippen LogP contribution in [0.25, 0.3) is 11.0 Å². The lowest BCUT2D eigenvalue weighted by Gasteiger charge is -2.35. The van der Waals surface area contributed by atoms with Crippen molar-refractivity contribution in [3.63, 3.8) is 0 Å². The molecule has 2 saturated heterocycles. The van der Waals surface area contributed by atoms with E-state index < -0.39 is 5.92 Å². The number of hydrogen-bond acceptors (Lipinski definition) is 5. The average molecular weight is 505 g/mol. The number of fused-ring (bicyclic) bond motifs is 1. The van der Waals surface area contributed by atoms with E-state index in [9.17, 15) is 9.59 Å². The first-order valence-corrected chi connectivity index (χ1v) is 13.1. The van der Waals surface area contributed by atoms with Crippen molar-refractivity contribution in [3.05, 3.63) is 60.4 Å². The third-order valence-electron chi connectivity index (χ3n) is 7.51. The van der Waals surface area contributed by atoms with Crippen LogP contribution in [0.4, 0.5) is 10.5 Å². The second kappa shape index (κ2) is 11.3. The molecule has 1 unspecified atom stereocenters. The Morgan fingerprint density at radius 1 is 1.05 bits per heavy atom. The number of likely N-dealkylation sites (tertiary alicyclic amines) is 2. The van der Waals surface area contributed by atoms with E-state index in [1.165, 1.54) is 0 Å². The van der Waals surface area contributed by atoms with Gasteiger partial charge in [-0.15, -0.1) is 0 Å². The summed E-state index contributed by atoms with van der Waals surface area (Å²) in [6.45, 7) is 3.53. The maximum absolute atomic E-state index is 13.6. The van der Waals surface area contributed by atoms with Crippen LogP contribution in [0.5, 0.6) is 0 Å². The molecule has 1 aromatic heterocycles. The average Bonchev–Trinajstić information content (AvgIpc) is 3.50. The lowest BCUT2D eigenvalue weighted by atomic mass is 9.94. The predicted octanol–water partition coefficient (Wildman–Crippen LogP) is 3.27. The van der Waals surface area contributed by atoms with Crippen molar-refractivity contribution in [2.45, 2.75) is 37.8 Å². The molecule has 196 valence electrons. The maximum atomic E-state index is 13.6. The van der Waals surface area contributed by atoms with E-state index >= 15 is 0 Å². The van der Waals surface area contributed by atoms with E-state index in [1.54, 1.807) is 12.0 Å². The molecule has 0 spiro atoms. The minimum atomic E-state index is -0.402. The van der Waals surface area contributed by atoms with Crippen molar-refractivity contribution in [2.75, 3.05) is 45.2 Å². The summed E-state index contributed by atoms with van der Waals surface area (Å²) in [6, 6.07) is 16.9. The van der Waals surface area contributed by atoms with Gasteiger partial charge in [0.2, 0.25) is 5.91 Å². The van der Waals surface area contributed by atoms with Crippen LogP contribution in [0.1, 0.15) is 31.0 Å². The van der Waals surface area contributed by atoms with Crippen LogP contribution in [0, 0.1) is 5.92 Å². The molecule has 2 aromatic carbocycles. The third-order valence-corrected chi connectivity index (χ3v) is 7.51. The Morgan fingerprint density at radius 2 is 1.84 bits per heavy atom. The molecule has 2 fully saturated rings. The van der Waals surface area contributed by atoms with Gasteiger partial charge in [-0.1, -0.05) is 30.3 Å². The number of nitrogens with two attached hydrogens (primary N) is 1. The summed E-state index contributed by atoms with van der Waals surface area (Å²) in [5.74, 6) is 0.826. The van der Waals surface area contributed by atoms with Gasteiger partial charge in [-0.2, -0.15) is 0 Å². The number of carbonyl (C=O) groups is 2. The smallest absolute Gasteiger partial charge is 0.321 e. The molecule has 3 atom stereocenters. The van der Waals surface area contributed by atoms with E-state index in [0.29, 0.717) is 32.8 Å². The molecule has 2 aliphatic heterocycles. The summed E-state index contributed by atoms with van der Waals surface area (Å²) in [7, 11) is 1.72. The molecule has 0 saturated carbocycles. The molecular weight excluding hydrogens is 468 g/mol. The number of rotatable bonds is 7. The molecule has 0 bridgehead atoms. The van der Waals surface area contributed by atoms with Gasteiger partial charge in [0.15, 0.2) is 0 Å². The minimum absolute atomic E-state index is 0.0363. The van der Waals surface area contributed by atoms with Gasteiger partial charge in [0.25, 0.3) is 0 Å². The number of methoxy groups -OCH3 is 1. The van der Waals surface area contributed by atoms with E-state index in [-0.39, 0.29) is 23.9 Å². The van der Waals surface area contributed by atoms with E-state index in [4.69, 9.17) is 15.5 Å². The van der Waals surface area contributed by atoms with Crippen molar-refractivity contribution in [1.29, 1.82) is 0 Å². The number of carbonyl (C=O) groups excluding carboxylic acids is 2. The van der Waals surface area contributed by atoms with Gasteiger partial charge in [0, 0.05) is 64.1 Å². The first kappa shape index (κ1) is 25.2. The Bertz CT molecular complexity index is 1230. The molecule has 3 heterocycles. The van der Waals surface area contributed by atoms with Crippen LogP contribution in [-0.2, 0) is 16.1 Å². The highest BCUT2D eigenvalue weighted by molar-refractivity contribution is 5.90. The van der Waals surface area contributed by atoms with Crippen LogP contribution in [0.2, 0.25) is 0 Å². The highest BCUT2D eigenvalue weighted by Gasteiger charge is 2.41. The Balaban J connectivity index is 1.27. The van der Waals surface area contributed by atoms with Gasteiger partial charge in [0.1, 0.15) is 5.82 Å². The molecule has 2 aliphatic rings. The number of imidazole rings is 1. The number of para-hydroxylation sites is 3. The summed E-state index contributed by atoms with van der Waals surface area (Å²) in [4.78, 5) is 35.0. The Morgan fingerprint density at radius 3 is 2.65 bits per heavy atom. The van der Waals surface area contributed by atoms with E-state index in [1.807, 2.05) is 53.4 Å². The van der Waals surface area contributed by atoms with Crippen molar-refractivity contribution >= 4 is 28.7 Å². The van der Waals surface area contributed by atoms with Gasteiger partial charge in [-0.3, -0.25) is 4.79 Å². The van der Waals surface area contributed by atoms with Gasteiger partial charge >= 0.3 is 6.03 Å². The fourth-order valence-electron chi connectivity index (χ4n) is 5.61. The summed E-state index contributed by atoms with van der Waals surface area (Å²) in [5, 5.41) is 2.90. The van der Waals surface area contributed by atoms with Gasteiger partial charge in [0.05, 0.1) is 17.0 Å². The van der Waals surface area contributed by atoms with Gasteiger partial charge in [-0.25, -0.2) is 9.78 Å². The standard InChI is InChI=1S/C28H36N6O3/c1-37-16-8-15-34-25-13-6-5-12-24(25)31-26(34)20-9-7-14-32(17-20)27(35)22-18-33(19-23(22)29)28(36)30-21-10-3-2-4-11-21/h2-6,10-13,20,22-23H,7-9,14-19,29H2,1H3,(H,30,36)/t20?,22-,23-/m1/s1. The Labute approximate surface area is 217 Å². The molecule has 3 aromatic rings. The monoisotopic (exact) mass is 504 g/mol. The third kappa shape index (κ3) is 5.47. The number of aryl methyl sites for hydroxylation is 1. The number of urea groups is 1. The number of aromatic nitrogens is 2. The quantitative estimate of drug-likeness (QED) is 0.481. The number of benzene rings is 2. The largest absolute Gasteiger partial charge is 0.385 e. The molecule has 3 amide bonds. The zero-order valence-electron chi connectivity index (χ0n) is 21.4. The number of nitrogens with one attached hydrogen (secondary N) is 1. The van der Waals surface area contributed by atoms with Crippen molar-refractivity contribution < 1.29 is 14.3 Å². The van der Waals surface area contributed by atoms with Crippen LogP contribution in [0.3, 0.4) is 0 Å². The number of piperidine rings is 1. The number of amides is 3. The van der Waals surface area contributed by atoms with Crippen LogP contribution >= 0.6 is 0 Å². The van der Waals surface area contributed by atoms with Crippen molar-refractivity contribution in [2.24, 2.45) is 11.7 Å². The Hall–Kier alpha value is -3.43. The number of anilines is 1.